The first kappa shape index (κ1) is 21.3. The Bertz CT molecular complexity index is 776. The zero-order chi connectivity index (χ0) is 19.7. The van der Waals surface area contributed by atoms with Crippen molar-refractivity contribution in [2.24, 2.45) is 0 Å². The van der Waals surface area contributed by atoms with Crippen LogP contribution in [-0.2, 0) is 16.0 Å². The van der Waals surface area contributed by atoms with Crippen LogP contribution in [0.1, 0.15) is 37.7 Å². The van der Waals surface area contributed by atoms with Gasteiger partial charge in [-0.1, -0.05) is 55.3 Å². The van der Waals surface area contributed by atoms with Gasteiger partial charge in [-0.3, -0.25) is 4.79 Å². The number of hydrogen-bond acceptors (Lipinski definition) is 4. The Morgan fingerprint density at radius 1 is 0.926 bits per heavy atom. The van der Waals surface area contributed by atoms with Crippen LogP contribution in [0.5, 0.6) is 0 Å². The third-order valence-electron chi connectivity index (χ3n) is 4.50. The highest BCUT2D eigenvalue weighted by Gasteiger charge is 2.38. The van der Waals surface area contributed by atoms with Gasteiger partial charge in [0.15, 0.2) is 5.60 Å². The molecule has 2 aromatic rings. The molecule has 2 rings (SSSR count). The Morgan fingerprint density at radius 3 is 2.33 bits per heavy atom. The Balaban J connectivity index is 1.61. The molecule has 3 N–H and O–H groups in total. The molecule has 1 unspecified atom stereocenters. The molecule has 1 atom stereocenters. The summed E-state index contributed by atoms with van der Waals surface area (Å²) < 4.78 is 0. The van der Waals surface area contributed by atoms with Gasteiger partial charge in [0.05, 0.1) is 6.42 Å². The molecule has 0 spiro atoms. The maximum atomic E-state index is 11.1. The van der Waals surface area contributed by atoms with Crippen molar-refractivity contribution in [2.75, 3.05) is 11.5 Å². The predicted octanol–water partition coefficient (Wildman–Crippen LogP) is 3.97. The van der Waals surface area contributed by atoms with Gasteiger partial charge in [0.1, 0.15) is 0 Å². The van der Waals surface area contributed by atoms with E-state index in [4.69, 9.17) is 10.2 Å². The number of carboxylic acid groups (broad SMARTS) is 2. The molecule has 0 saturated carbocycles. The molecule has 0 aromatic heterocycles. The highest BCUT2D eigenvalue weighted by molar-refractivity contribution is 7.99. The van der Waals surface area contributed by atoms with E-state index < -0.39 is 24.0 Å². The molecule has 0 aliphatic heterocycles. The number of carboxylic acids is 2. The van der Waals surface area contributed by atoms with Gasteiger partial charge in [-0.25, -0.2) is 4.79 Å². The van der Waals surface area contributed by atoms with Gasteiger partial charge in [-0.05, 0) is 41.4 Å². The number of rotatable bonds is 12. The van der Waals surface area contributed by atoms with Crippen molar-refractivity contribution in [1.82, 2.24) is 0 Å². The molecule has 5 nitrogen and oxygen atoms in total. The average molecular weight is 391 g/mol. The van der Waals surface area contributed by atoms with E-state index in [0.29, 0.717) is 5.75 Å². The summed E-state index contributed by atoms with van der Waals surface area (Å²) in [6.45, 7) is 0. The van der Waals surface area contributed by atoms with Crippen LogP contribution in [0.4, 0.5) is 0 Å². The van der Waals surface area contributed by atoms with Crippen molar-refractivity contribution in [3.63, 3.8) is 0 Å². The number of aliphatic hydroxyl groups is 1. The topological polar surface area (TPSA) is 94.8 Å². The number of aliphatic carboxylic acids is 2. The van der Waals surface area contributed by atoms with E-state index in [2.05, 4.69) is 30.3 Å². The van der Waals surface area contributed by atoms with Crippen LogP contribution in [0.15, 0.2) is 42.5 Å². The van der Waals surface area contributed by atoms with E-state index in [1.807, 2.05) is 12.1 Å². The van der Waals surface area contributed by atoms with E-state index in [9.17, 15) is 14.7 Å². The predicted molar refractivity (Wildman–Crippen MR) is 108 cm³/mol. The van der Waals surface area contributed by atoms with Crippen LogP contribution in [0, 0.1) is 0 Å². The summed E-state index contributed by atoms with van der Waals surface area (Å²) in [4.78, 5) is 21.7. The molecule has 27 heavy (non-hydrogen) atoms. The largest absolute Gasteiger partial charge is 0.481 e. The molecular weight excluding hydrogens is 364 g/mol. The lowest BCUT2D eigenvalue weighted by Crippen LogP contribution is -2.43. The van der Waals surface area contributed by atoms with Crippen molar-refractivity contribution < 1.29 is 24.9 Å². The lowest BCUT2D eigenvalue weighted by molar-refractivity contribution is -0.162. The van der Waals surface area contributed by atoms with E-state index in [0.717, 1.165) is 32.1 Å². The van der Waals surface area contributed by atoms with Crippen molar-refractivity contribution in [3.8, 4) is 0 Å². The third-order valence-corrected chi connectivity index (χ3v) is 5.76. The number of carbonyl (C=O) groups is 2. The monoisotopic (exact) mass is 390 g/mol. The fraction of sp³-hybridized carbons (Fsp3) is 0.429. The van der Waals surface area contributed by atoms with Gasteiger partial charge in [-0.15, -0.1) is 0 Å². The number of aryl methyl sites for hydroxylation is 1. The fourth-order valence-corrected chi connectivity index (χ4v) is 4.08. The van der Waals surface area contributed by atoms with Crippen LogP contribution >= 0.6 is 11.8 Å². The normalized spacial score (nSPS) is 13.4. The molecular formula is C21H26O5S. The average Bonchev–Trinajstić information content (AvgIpc) is 2.63. The van der Waals surface area contributed by atoms with Crippen molar-refractivity contribution in [3.05, 3.63) is 48.0 Å². The van der Waals surface area contributed by atoms with Crippen LogP contribution in [0.25, 0.3) is 10.8 Å². The maximum absolute atomic E-state index is 11.1. The summed E-state index contributed by atoms with van der Waals surface area (Å²) in [7, 11) is 0. The van der Waals surface area contributed by atoms with E-state index >= 15 is 0 Å². The Labute approximate surface area is 163 Å². The highest BCUT2D eigenvalue weighted by Crippen LogP contribution is 2.20. The van der Waals surface area contributed by atoms with Crippen LogP contribution in [0.2, 0.25) is 0 Å². The Morgan fingerprint density at radius 2 is 1.63 bits per heavy atom. The van der Waals surface area contributed by atoms with Crippen LogP contribution < -0.4 is 0 Å². The van der Waals surface area contributed by atoms with Crippen molar-refractivity contribution in [1.29, 1.82) is 0 Å². The number of unbranched alkanes of at least 4 members (excludes halogenated alkanes) is 3. The number of fused-ring (bicyclic) bond motifs is 1. The fourth-order valence-electron chi connectivity index (χ4n) is 2.96. The first-order chi connectivity index (χ1) is 12.9. The van der Waals surface area contributed by atoms with Gasteiger partial charge in [0.25, 0.3) is 0 Å². The van der Waals surface area contributed by atoms with Crippen LogP contribution in [0.3, 0.4) is 0 Å². The molecule has 0 aliphatic rings. The summed E-state index contributed by atoms with van der Waals surface area (Å²) in [5, 5.41) is 30.1. The SMILES string of the molecule is O=C(O)CC(O)(CSCCCCCCc1ccc2ccccc2c1)C(=O)O. The molecule has 6 heteroatoms. The second kappa shape index (κ2) is 10.3. The standard InChI is InChI=1S/C21H26O5S/c22-19(23)14-21(26,20(24)25)15-27-12-6-2-1-3-7-16-10-11-17-8-4-5-9-18(17)13-16/h4-5,8-11,13,26H,1-3,6-7,12,14-15H2,(H,22,23)(H,24,25). The van der Waals surface area contributed by atoms with Crippen LogP contribution in [-0.4, -0.2) is 44.4 Å². The minimum atomic E-state index is -2.19. The molecule has 0 fully saturated rings. The molecule has 0 radical (unpaired) electrons. The summed E-state index contributed by atoms with van der Waals surface area (Å²) in [6.07, 6.45) is 4.40. The molecule has 0 saturated heterocycles. The smallest absolute Gasteiger partial charge is 0.337 e. The molecule has 0 amide bonds. The molecule has 146 valence electrons. The molecule has 0 aliphatic carbocycles. The van der Waals surface area contributed by atoms with Gasteiger partial charge in [0.2, 0.25) is 0 Å². The number of benzene rings is 2. The van der Waals surface area contributed by atoms with Crippen molar-refractivity contribution >= 4 is 34.5 Å². The number of thioether (sulfide) groups is 1. The zero-order valence-electron chi connectivity index (χ0n) is 15.3. The quantitative estimate of drug-likeness (QED) is 0.475. The van der Waals surface area contributed by atoms with Gasteiger partial charge in [-0.2, -0.15) is 11.8 Å². The number of hydrogen-bond donors (Lipinski definition) is 3. The second-order valence-corrected chi connectivity index (χ2v) is 7.91. The summed E-state index contributed by atoms with van der Waals surface area (Å²) in [6, 6.07) is 14.9. The Kier molecular flexibility index (Phi) is 8.13. The maximum Gasteiger partial charge on any atom is 0.337 e. The summed E-state index contributed by atoms with van der Waals surface area (Å²) in [5.74, 6) is -2.18. The molecule has 0 bridgehead atoms. The lowest BCUT2D eigenvalue weighted by atomic mass is 10.0. The summed E-state index contributed by atoms with van der Waals surface area (Å²) >= 11 is 1.29. The minimum absolute atomic E-state index is 0.105. The van der Waals surface area contributed by atoms with E-state index in [-0.39, 0.29) is 5.75 Å². The van der Waals surface area contributed by atoms with Crippen molar-refractivity contribution in [2.45, 2.75) is 44.1 Å². The third kappa shape index (κ3) is 6.88. The van der Waals surface area contributed by atoms with Gasteiger partial charge < -0.3 is 15.3 Å². The highest BCUT2D eigenvalue weighted by atomic mass is 32.2. The van der Waals surface area contributed by atoms with E-state index in [1.165, 1.54) is 28.1 Å². The van der Waals surface area contributed by atoms with Gasteiger partial charge in [0, 0.05) is 5.75 Å². The van der Waals surface area contributed by atoms with Gasteiger partial charge >= 0.3 is 11.9 Å². The molecule has 0 heterocycles. The zero-order valence-corrected chi connectivity index (χ0v) is 16.1. The summed E-state index contributed by atoms with van der Waals surface area (Å²) in [5.41, 5.74) is -0.852. The first-order valence-corrected chi connectivity index (χ1v) is 10.3. The minimum Gasteiger partial charge on any atom is -0.481 e. The van der Waals surface area contributed by atoms with E-state index in [1.54, 1.807) is 0 Å². The Hall–Kier alpha value is -2.05. The first-order valence-electron chi connectivity index (χ1n) is 9.14. The molecule has 2 aromatic carbocycles. The second-order valence-electron chi connectivity index (χ2n) is 6.81. The lowest BCUT2D eigenvalue weighted by Gasteiger charge is -2.20.